The number of piperidine rings is 1. The number of nitrogens with one attached hydrogen (secondary N) is 2. The van der Waals surface area contributed by atoms with E-state index in [-0.39, 0.29) is 36.6 Å². The molecule has 2 aliphatic heterocycles. The molecule has 0 aliphatic carbocycles. The topological polar surface area (TPSA) is 44.4 Å². The fraction of sp³-hybridized carbons (Fsp3) is 0.588. The molecule has 0 bridgehead atoms. The molecule has 2 heterocycles. The van der Waals surface area contributed by atoms with Gasteiger partial charge in [0.05, 0.1) is 5.92 Å². The van der Waals surface area contributed by atoms with E-state index in [1.54, 1.807) is 0 Å². The van der Waals surface area contributed by atoms with Crippen LogP contribution in [-0.2, 0) is 11.3 Å². The lowest BCUT2D eigenvalue weighted by Gasteiger charge is -2.24. The summed E-state index contributed by atoms with van der Waals surface area (Å²) in [6.45, 7) is 4.92. The predicted octanol–water partition coefficient (Wildman–Crippen LogP) is 2.22. The number of rotatable bonds is 4. The van der Waals surface area contributed by atoms with Crippen molar-refractivity contribution in [3.05, 3.63) is 35.9 Å². The highest BCUT2D eigenvalue weighted by atomic mass is 35.5. The van der Waals surface area contributed by atoms with Gasteiger partial charge in [0, 0.05) is 32.2 Å². The molecule has 0 spiro atoms. The van der Waals surface area contributed by atoms with Gasteiger partial charge in [-0.1, -0.05) is 30.3 Å². The van der Waals surface area contributed by atoms with Gasteiger partial charge in [-0.25, -0.2) is 0 Å². The molecule has 2 fully saturated rings. The smallest absolute Gasteiger partial charge is 0.224 e. The maximum Gasteiger partial charge on any atom is 0.224 e. The average molecular weight is 360 g/mol. The van der Waals surface area contributed by atoms with Crippen LogP contribution in [0.15, 0.2) is 30.3 Å². The number of carbonyl (C=O) groups excluding carboxylic acids is 1. The quantitative estimate of drug-likeness (QED) is 0.866. The van der Waals surface area contributed by atoms with E-state index in [0.29, 0.717) is 6.04 Å². The lowest BCUT2D eigenvalue weighted by atomic mass is 9.98. The highest BCUT2D eigenvalue weighted by Gasteiger charge is 2.27. The Bertz CT molecular complexity index is 466. The van der Waals surface area contributed by atoms with Gasteiger partial charge >= 0.3 is 0 Å². The first-order chi connectivity index (χ1) is 10.3. The molecule has 130 valence electrons. The Hall–Kier alpha value is -0.810. The van der Waals surface area contributed by atoms with Gasteiger partial charge in [-0.15, -0.1) is 24.8 Å². The largest absolute Gasteiger partial charge is 0.352 e. The van der Waals surface area contributed by atoms with Crippen molar-refractivity contribution < 1.29 is 4.79 Å². The van der Waals surface area contributed by atoms with Crippen molar-refractivity contribution in [3.8, 4) is 0 Å². The second-order valence-corrected chi connectivity index (χ2v) is 6.26. The maximum atomic E-state index is 12.2. The van der Waals surface area contributed by atoms with Crippen LogP contribution in [-0.4, -0.2) is 43.0 Å². The molecule has 1 amide bonds. The van der Waals surface area contributed by atoms with Crippen molar-refractivity contribution in [2.24, 2.45) is 5.92 Å². The second-order valence-electron chi connectivity index (χ2n) is 6.26. The molecule has 2 saturated heterocycles. The summed E-state index contributed by atoms with van der Waals surface area (Å²) in [7, 11) is 0. The van der Waals surface area contributed by atoms with E-state index in [1.807, 2.05) is 0 Å². The molecule has 1 aromatic carbocycles. The van der Waals surface area contributed by atoms with Gasteiger partial charge in [-0.3, -0.25) is 9.69 Å². The second kappa shape index (κ2) is 10.1. The summed E-state index contributed by atoms with van der Waals surface area (Å²) < 4.78 is 0. The Labute approximate surface area is 151 Å². The molecule has 0 radical (unpaired) electrons. The monoisotopic (exact) mass is 359 g/mol. The number of hydrogen-bond donors (Lipinski definition) is 2. The third-order valence-corrected chi connectivity index (χ3v) is 4.54. The minimum Gasteiger partial charge on any atom is -0.352 e. The maximum absolute atomic E-state index is 12.2. The van der Waals surface area contributed by atoms with Crippen LogP contribution in [0.25, 0.3) is 0 Å². The molecule has 6 heteroatoms. The van der Waals surface area contributed by atoms with Crippen LogP contribution in [0, 0.1) is 5.92 Å². The fourth-order valence-corrected chi connectivity index (χ4v) is 3.33. The van der Waals surface area contributed by atoms with Crippen molar-refractivity contribution in [1.29, 1.82) is 0 Å². The number of nitrogens with zero attached hydrogens (tertiary/aromatic N) is 1. The van der Waals surface area contributed by atoms with E-state index in [4.69, 9.17) is 0 Å². The fourth-order valence-electron chi connectivity index (χ4n) is 3.33. The summed E-state index contributed by atoms with van der Waals surface area (Å²) in [6, 6.07) is 10.9. The molecule has 2 atom stereocenters. The minimum atomic E-state index is 0. The van der Waals surface area contributed by atoms with E-state index in [0.717, 1.165) is 52.0 Å². The van der Waals surface area contributed by atoms with Gasteiger partial charge in [-0.05, 0) is 31.4 Å². The van der Waals surface area contributed by atoms with Crippen LogP contribution < -0.4 is 10.6 Å². The minimum absolute atomic E-state index is 0. The third kappa shape index (κ3) is 5.96. The van der Waals surface area contributed by atoms with Crippen LogP contribution >= 0.6 is 24.8 Å². The van der Waals surface area contributed by atoms with Gasteiger partial charge in [0.25, 0.3) is 0 Å². The van der Waals surface area contributed by atoms with E-state index < -0.39 is 0 Å². The number of hydrogen-bond acceptors (Lipinski definition) is 3. The van der Waals surface area contributed by atoms with E-state index in [2.05, 4.69) is 45.9 Å². The molecular weight excluding hydrogens is 333 g/mol. The molecular formula is C17H27Cl2N3O. The van der Waals surface area contributed by atoms with Gasteiger partial charge in [0.2, 0.25) is 5.91 Å². The Balaban J connectivity index is 0.00000132. The predicted molar refractivity (Wildman–Crippen MR) is 98.4 cm³/mol. The number of benzene rings is 1. The molecule has 0 aromatic heterocycles. The van der Waals surface area contributed by atoms with Crippen molar-refractivity contribution >= 4 is 30.7 Å². The van der Waals surface area contributed by atoms with Crippen molar-refractivity contribution in [2.75, 3.05) is 26.2 Å². The summed E-state index contributed by atoms with van der Waals surface area (Å²) in [5.74, 6) is 0.413. The summed E-state index contributed by atoms with van der Waals surface area (Å²) in [6.07, 6.45) is 3.21. The number of amides is 1. The van der Waals surface area contributed by atoms with Crippen molar-refractivity contribution in [1.82, 2.24) is 15.5 Å². The van der Waals surface area contributed by atoms with Crippen LogP contribution in [0.3, 0.4) is 0 Å². The molecule has 0 saturated carbocycles. The molecule has 1 unspecified atom stereocenters. The van der Waals surface area contributed by atoms with Crippen LogP contribution in [0.4, 0.5) is 0 Å². The van der Waals surface area contributed by atoms with E-state index >= 15 is 0 Å². The Morgan fingerprint density at radius 2 is 2.00 bits per heavy atom. The van der Waals surface area contributed by atoms with E-state index in [9.17, 15) is 4.79 Å². The van der Waals surface area contributed by atoms with Crippen LogP contribution in [0.2, 0.25) is 0 Å². The normalized spacial score (nSPS) is 24.3. The van der Waals surface area contributed by atoms with Crippen LogP contribution in [0.5, 0.6) is 0 Å². The Morgan fingerprint density at radius 1 is 1.22 bits per heavy atom. The molecule has 1 aromatic rings. The van der Waals surface area contributed by atoms with Crippen molar-refractivity contribution in [2.45, 2.75) is 31.8 Å². The molecule has 3 rings (SSSR count). The van der Waals surface area contributed by atoms with Gasteiger partial charge < -0.3 is 10.6 Å². The standard InChI is InChI=1S/C17H25N3O.2ClH/c21-17(15-7-4-9-18-11-15)19-16-8-10-20(13-16)12-14-5-2-1-3-6-14;;/h1-3,5-6,15-16,18H,4,7-13H2,(H,19,21);2*1H/t15-,16?;;/m1../s1. The molecule has 2 N–H and O–H groups in total. The first-order valence-electron chi connectivity index (χ1n) is 8.08. The summed E-state index contributed by atoms with van der Waals surface area (Å²) in [4.78, 5) is 14.7. The van der Waals surface area contributed by atoms with Crippen molar-refractivity contribution in [3.63, 3.8) is 0 Å². The van der Waals surface area contributed by atoms with Crippen LogP contribution in [0.1, 0.15) is 24.8 Å². The molecule has 4 nitrogen and oxygen atoms in total. The summed E-state index contributed by atoms with van der Waals surface area (Å²) in [5.41, 5.74) is 1.35. The van der Waals surface area contributed by atoms with E-state index in [1.165, 1.54) is 5.56 Å². The first kappa shape index (κ1) is 20.2. The third-order valence-electron chi connectivity index (χ3n) is 4.54. The van der Waals surface area contributed by atoms with Gasteiger partial charge in [-0.2, -0.15) is 0 Å². The molecule has 2 aliphatic rings. The first-order valence-corrected chi connectivity index (χ1v) is 8.08. The van der Waals surface area contributed by atoms with Gasteiger partial charge in [0.1, 0.15) is 0 Å². The van der Waals surface area contributed by atoms with Gasteiger partial charge in [0.15, 0.2) is 0 Å². The lowest BCUT2D eigenvalue weighted by Crippen LogP contribution is -2.45. The number of carbonyl (C=O) groups is 1. The zero-order chi connectivity index (χ0) is 14.5. The summed E-state index contributed by atoms with van der Waals surface area (Å²) >= 11 is 0. The number of halogens is 2. The Morgan fingerprint density at radius 3 is 2.70 bits per heavy atom. The number of likely N-dealkylation sites (tertiary alicyclic amines) is 1. The summed E-state index contributed by atoms with van der Waals surface area (Å²) in [5, 5.41) is 6.55. The highest BCUT2D eigenvalue weighted by molar-refractivity contribution is 5.85. The Kier molecular flexibility index (Phi) is 8.92. The average Bonchev–Trinajstić information content (AvgIpc) is 2.96. The zero-order valence-electron chi connectivity index (χ0n) is 13.4. The zero-order valence-corrected chi connectivity index (χ0v) is 15.0. The molecule has 23 heavy (non-hydrogen) atoms. The highest BCUT2D eigenvalue weighted by Crippen LogP contribution is 2.15. The SMILES string of the molecule is Cl.Cl.O=C(NC1CCN(Cc2ccccc2)C1)[C@@H]1CCCNC1. The lowest BCUT2D eigenvalue weighted by molar-refractivity contribution is -0.126.